The number of aromatic nitrogens is 5. The molecule has 9 nitrogen and oxygen atoms in total. The second kappa shape index (κ2) is 9.01. The molecule has 9 heteroatoms. The Morgan fingerprint density at radius 2 is 1.75 bits per heavy atom. The van der Waals surface area contributed by atoms with E-state index >= 15 is 0 Å². The quantitative estimate of drug-likeness (QED) is 0.404. The number of carbonyl (C=O) groups is 1. The van der Waals surface area contributed by atoms with Crippen LogP contribution in [0.3, 0.4) is 0 Å². The Balaban J connectivity index is 1.24. The van der Waals surface area contributed by atoms with E-state index in [1.165, 1.54) is 0 Å². The molecule has 0 radical (unpaired) electrons. The molecule has 1 aliphatic rings. The number of rotatable bonds is 4. The average Bonchev–Trinajstić information content (AvgIpc) is 3.28. The molecular formula is C27H26N8O. The maximum Gasteiger partial charge on any atom is 0.257 e. The number of fused-ring (bicyclic) bond motifs is 2. The number of likely N-dealkylation sites (N-methyl/N-ethyl adjacent to an activating group) is 1. The van der Waals surface area contributed by atoms with E-state index in [1.54, 1.807) is 18.5 Å². The first-order chi connectivity index (χ1) is 17.5. The molecule has 0 saturated carbocycles. The first-order valence-corrected chi connectivity index (χ1v) is 11.9. The Morgan fingerprint density at radius 3 is 2.61 bits per heavy atom. The summed E-state index contributed by atoms with van der Waals surface area (Å²) in [6, 6.07) is 9.57. The van der Waals surface area contributed by atoms with Gasteiger partial charge in [-0.15, -0.1) is 0 Å². The number of nitrogens with zero attached hydrogens (tertiary/aromatic N) is 6. The molecule has 6 heterocycles. The summed E-state index contributed by atoms with van der Waals surface area (Å²) in [7, 11) is 2.11. The van der Waals surface area contributed by atoms with Gasteiger partial charge in [0.2, 0.25) is 0 Å². The zero-order valence-corrected chi connectivity index (χ0v) is 20.2. The van der Waals surface area contributed by atoms with Crippen LogP contribution in [-0.4, -0.2) is 69.0 Å². The predicted molar refractivity (Wildman–Crippen MR) is 141 cm³/mol. The van der Waals surface area contributed by atoms with Crippen LogP contribution in [0.5, 0.6) is 0 Å². The largest absolute Gasteiger partial charge is 0.354 e. The first-order valence-electron chi connectivity index (χ1n) is 11.9. The van der Waals surface area contributed by atoms with Gasteiger partial charge in [-0.1, -0.05) is 0 Å². The minimum atomic E-state index is -0.221. The SMILES string of the molecule is Cc1c[nH]c2ncc(-c3cnc4cnc(NC(=O)c5ccnc(N6CCN(C)CC6)c5)cc4c3)cc12. The highest BCUT2D eigenvalue weighted by Crippen LogP contribution is 2.27. The van der Waals surface area contributed by atoms with E-state index in [1.807, 2.05) is 36.8 Å². The van der Waals surface area contributed by atoms with Crippen LogP contribution in [0.2, 0.25) is 0 Å². The Hall–Kier alpha value is -4.37. The van der Waals surface area contributed by atoms with E-state index in [4.69, 9.17) is 0 Å². The minimum Gasteiger partial charge on any atom is -0.354 e. The number of amides is 1. The van der Waals surface area contributed by atoms with Gasteiger partial charge in [0.25, 0.3) is 5.91 Å². The van der Waals surface area contributed by atoms with Gasteiger partial charge in [0.05, 0.1) is 11.7 Å². The van der Waals surface area contributed by atoms with Crippen molar-refractivity contribution in [3.05, 3.63) is 72.4 Å². The lowest BCUT2D eigenvalue weighted by Gasteiger charge is -2.33. The van der Waals surface area contributed by atoms with Crippen molar-refractivity contribution in [3.8, 4) is 11.1 Å². The molecule has 0 aliphatic carbocycles. The van der Waals surface area contributed by atoms with Gasteiger partial charge in [-0.3, -0.25) is 9.78 Å². The van der Waals surface area contributed by atoms with Crippen molar-refractivity contribution in [2.24, 2.45) is 0 Å². The third-order valence-corrected chi connectivity index (χ3v) is 6.72. The lowest BCUT2D eigenvalue weighted by atomic mass is 10.1. The molecule has 0 unspecified atom stereocenters. The maximum atomic E-state index is 13.0. The van der Waals surface area contributed by atoms with Crippen LogP contribution >= 0.6 is 0 Å². The van der Waals surface area contributed by atoms with Gasteiger partial charge in [0, 0.05) is 78.4 Å². The summed E-state index contributed by atoms with van der Waals surface area (Å²) < 4.78 is 0. The van der Waals surface area contributed by atoms with E-state index in [-0.39, 0.29) is 5.91 Å². The second-order valence-electron chi connectivity index (χ2n) is 9.23. The zero-order chi connectivity index (χ0) is 24.6. The summed E-state index contributed by atoms with van der Waals surface area (Å²) in [6.07, 6.45) is 8.98. The molecule has 0 spiro atoms. The first kappa shape index (κ1) is 22.1. The number of pyridine rings is 4. The molecule has 1 fully saturated rings. The smallest absolute Gasteiger partial charge is 0.257 e. The minimum absolute atomic E-state index is 0.221. The Morgan fingerprint density at radius 1 is 0.944 bits per heavy atom. The van der Waals surface area contributed by atoms with E-state index < -0.39 is 0 Å². The number of hydrogen-bond donors (Lipinski definition) is 2. The van der Waals surface area contributed by atoms with Crippen molar-refractivity contribution >= 4 is 39.5 Å². The number of piperazine rings is 1. The lowest BCUT2D eigenvalue weighted by molar-refractivity contribution is 0.102. The van der Waals surface area contributed by atoms with Crippen molar-refractivity contribution < 1.29 is 4.79 Å². The summed E-state index contributed by atoms with van der Waals surface area (Å²) in [5.41, 5.74) is 5.25. The highest BCUT2D eigenvalue weighted by atomic mass is 16.1. The molecule has 2 N–H and O–H groups in total. The molecule has 0 atom stereocenters. The average molecular weight is 479 g/mol. The normalized spacial score (nSPS) is 14.4. The molecule has 36 heavy (non-hydrogen) atoms. The fraction of sp³-hybridized carbons (Fsp3) is 0.222. The van der Waals surface area contributed by atoms with Gasteiger partial charge >= 0.3 is 0 Å². The van der Waals surface area contributed by atoms with Crippen LogP contribution in [0.15, 0.2) is 61.3 Å². The van der Waals surface area contributed by atoms with Crippen molar-refractivity contribution in [1.29, 1.82) is 0 Å². The van der Waals surface area contributed by atoms with E-state index in [2.05, 4.69) is 60.1 Å². The number of carbonyl (C=O) groups excluding carboxylic acids is 1. The topological polar surface area (TPSA) is 103 Å². The maximum absolute atomic E-state index is 13.0. The van der Waals surface area contributed by atoms with Crippen LogP contribution in [0.25, 0.3) is 33.1 Å². The van der Waals surface area contributed by atoms with Crippen molar-refractivity contribution in [3.63, 3.8) is 0 Å². The van der Waals surface area contributed by atoms with Gasteiger partial charge in [0.1, 0.15) is 17.3 Å². The van der Waals surface area contributed by atoms with Crippen molar-refractivity contribution in [2.75, 3.05) is 43.4 Å². The van der Waals surface area contributed by atoms with Gasteiger partial charge < -0.3 is 20.1 Å². The van der Waals surface area contributed by atoms with Crippen LogP contribution in [-0.2, 0) is 0 Å². The molecule has 0 bridgehead atoms. The second-order valence-corrected chi connectivity index (χ2v) is 9.23. The lowest BCUT2D eigenvalue weighted by Crippen LogP contribution is -2.44. The Labute approximate surface area is 208 Å². The van der Waals surface area contributed by atoms with Gasteiger partial charge in [-0.05, 0) is 49.9 Å². The molecule has 6 rings (SSSR count). The van der Waals surface area contributed by atoms with Gasteiger partial charge in [-0.2, -0.15) is 0 Å². The molecule has 180 valence electrons. The standard InChI is InChI=1S/C27H26N8O/c1-17-13-31-26-22(17)10-21(15-32-26)20-9-19-11-24(30-16-23(19)29-14-20)33-27(36)18-3-4-28-25(12-18)35-7-5-34(2)6-8-35/h3-4,9-16H,5-8H2,1-2H3,(H,31,32)(H,30,33,36). The predicted octanol–water partition coefficient (Wildman–Crippen LogP) is 3.88. The fourth-order valence-corrected chi connectivity index (χ4v) is 4.51. The fourth-order valence-electron chi connectivity index (χ4n) is 4.51. The molecule has 5 aromatic heterocycles. The van der Waals surface area contributed by atoms with Gasteiger partial charge in [0.15, 0.2) is 0 Å². The van der Waals surface area contributed by atoms with Gasteiger partial charge in [-0.25, -0.2) is 15.0 Å². The number of nitrogens with one attached hydrogen (secondary N) is 2. The Bertz CT molecular complexity index is 1590. The highest BCUT2D eigenvalue weighted by Gasteiger charge is 2.17. The van der Waals surface area contributed by atoms with E-state index in [9.17, 15) is 4.79 Å². The number of hydrogen-bond acceptors (Lipinski definition) is 7. The van der Waals surface area contributed by atoms with Crippen LogP contribution < -0.4 is 10.2 Å². The van der Waals surface area contributed by atoms with Crippen LogP contribution in [0, 0.1) is 6.92 Å². The zero-order valence-electron chi connectivity index (χ0n) is 20.2. The number of anilines is 2. The molecule has 1 amide bonds. The third kappa shape index (κ3) is 4.25. The molecule has 1 aliphatic heterocycles. The number of aryl methyl sites for hydroxylation is 1. The van der Waals surface area contributed by atoms with Crippen LogP contribution in [0.4, 0.5) is 11.6 Å². The summed E-state index contributed by atoms with van der Waals surface area (Å²) in [6.45, 7) is 5.79. The summed E-state index contributed by atoms with van der Waals surface area (Å²) >= 11 is 0. The molecule has 1 saturated heterocycles. The number of H-pyrrole nitrogens is 1. The summed E-state index contributed by atoms with van der Waals surface area (Å²) in [5, 5.41) is 4.90. The van der Waals surface area contributed by atoms with Crippen LogP contribution in [0.1, 0.15) is 15.9 Å². The number of aromatic amines is 1. The van der Waals surface area contributed by atoms with E-state index in [0.29, 0.717) is 11.4 Å². The molecule has 0 aromatic carbocycles. The van der Waals surface area contributed by atoms with Crippen molar-refractivity contribution in [2.45, 2.75) is 6.92 Å². The monoisotopic (exact) mass is 478 g/mol. The molecule has 5 aromatic rings. The summed E-state index contributed by atoms with van der Waals surface area (Å²) in [4.78, 5) is 38.7. The highest BCUT2D eigenvalue weighted by molar-refractivity contribution is 6.04. The molecular weight excluding hydrogens is 452 g/mol. The van der Waals surface area contributed by atoms with Crippen molar-refractivity contribution in [1.82, 2.24) is 29.8 Å². The third-order valence-electron chi connectivity index (χ3n) is 6.72. The summed E-state index contributed by atoms with van der Waals surface area (Å²) in [5.74, 6) is 1.07. The Kier molecular flexibility index (Phi) is 5.54. The van der Waals surface area contributed by atoms with E-state index in [0.717, 1.165) is 70.6 Å².